The van der Waals surface area contributed by atoms with Crippen LogP contribution in [0, 0.1) is 6.92 Å². The van der Waals surface area contributed by atoms with Gasteiger partial charge in [-0.2, -0.15) is 0 Å². The van der Waals surface area contributed by atoms with Crippen LogP contribution in [-0.2, 0) is 5.41 Å². The largest absolute Gasteiger partial charge is 0.313 e. The fourth-order valence-corrected chi connectivity index (χ4v) is 3.04. The Labute approximate surface area is 92.9 Å². The van der Waals surface area contributed by atoms with Crippen molar-refractivity contribution in [1.29, 1.82) is 0 Å². The molecule has 1 nitrogen and oxygen atoms in total. The zero-order chi connectivity index (χ0) is 10.9. The first-order chi connectivity index (χ1) is 7.18. The second kappa shape index (κ2) is 3.97. The summed E-state index contributed by atoms with van der Waals surface area (Å²) < 4.78 is 0. The van der Waals surface area contributed by atoms with Crippen LogP contribution in [-0.4, -0.2) is 12.6 Å². The van der Waals surface area contributed by atoms with E-state index in [1.165, 1.54) is 24.0 Å². The molecule has 2 unspecified atom stereocenters. The smallest absolute Gasteiger partial charge is 0.0159 e. The minimum Gasteiger partial charge on any atom is -0.313 e. The highest BCUT2D eigenvalue weighted by Gasteiger charge is 2.39. The van der Waals surface area contributed by atoms with Crippen LogP contribution in [0.5, 0.6) is 0 Å². The van der Waals surface area contributed by atoms with Gasteiger partial charge in [-0.05, 0) is 37.4 Å². The van der Waals surface area contributed by atoms with Crippen LogP contribution in [0.15, 0.2) is 24.3 Å². The first kappa shape index (κ1) is 10.7. The monoisotopic (exact) mass is 203 g/mol. The van der Waals surface area contributed by atoms with Crippen LogP contribution in [0.3, 0.4) is 0 Å². The van der Waals surface area contributed by atoms with Crippen molar-refractivity contribution in [2.45, 2.75) is 45.1 Å². The molecule has 1 saturated heterocycles. The van der Waals surface area contributed by atoms with Crippen molar-refractivity contribution in [3.63, 3.8) is 0 Å². The second-order valence-corrected chi connectivity index (χ2v) is 4.90. The zero-order valence-electron chi connectivity index (χ0n) is 10.0. The van der Waals surface area contributed by atoms with E-state index in [9.17, 15) is 0 Å². The minimum atomic E-state index is 0.333. The maximum Gasteiger partial charge on any atom is 0.0159 e. The van der Waals surface area contributed by atoms with Crippen molar-refractivity contribution in [3.05, 3.63) is 35.4 Å². The van der Waals surface area contributed by atoms with Crippen LogP contribution in [0.2, 0.25) is 0 Å². The predicted molar refractivity (Wildman–Crippen MR) is 65.2 cm³/mol. The number of nitrogens with one attached hydrogen (secondary N) is 1. The van der Waals surface area contributed by atoms with E-state index in [4.69, 9.17) is 0 Å². The first-order valence-corrected chi connectivity index (χ1v) is 5.98. The van der Waals surface area contributed by atoms with Gasteiger partial charge in [0.2, 0.25) is 0 Å². The Bertz CT molecular complexity index is 345. The number of rotatable bonds is 2. The van der Waals surface area contributed by atoms with Crippen molar-refractivity contribution < 1.29 is 0 Å². The summed E-state index contributed by atoms with van der Waals surface area (Å²) in [6.45, 7) is 8.07. The van der Waals surface area contributed by atoms with Gasteiger partial charge in [-0.15, -0.1) is 0 Å². The molecule has 2 rings (SSSR count). The van der Waals surface area contributed by atoms with E-state index in [-0.39, 0.29) is 0 Å². The SMILES string of the molecule is CCC1NCCC1(C)c1ccccc1C. The zero-order valence-corrected chi connectivity index (χ0v) is 10.0. The third-order valence-corrected chi connectivity index (χ3v) is 3.97. The summed E-state index contributed by atoms with van der Waals surface area (Å²) in [6.07, 6.45) is 2.47. The molecule has 2 atom stereocenters. The van der Waals surface area contributed by atoms with Gasteiger partial charge >= 0.3 is 0 Å². The molecule has 1 N–H and O–H groups in total. The van der Waals surface area contributed by atoms with E-state index in [1.54, 1.807) is 0 Å². The molecule has 1 fully saturated rings. The standard InChI is InChI=1S/C14H21N/c1-4-13-14(3,9-10-15-13)12-8-6-5-7-11(12)2/h5-8,13,15H,4,9-10H2,1-3H3. The molecule has 0 spiro atoms. The van der Waals surface area contributed by atoms with Gasteiger partial charge in [0.05, 0.1) is 0 Å². The van der Waals surface area contributed by atoms with E-state index in [2.05, 4.69) is 50.4 Å². The van der Waals surface area contributed by atoms with Crippen molar-refractivity contribution in [2.75, 3.05) is 6.54 Å². The lowest BCUT2D eigenvalue weighted by Crippen LogP contribution is -2.37. The van der Waals surface area contributed by atoms with E-state index in [0.29, 0.717) is 11.5 Å². The summed E-state index contributed by atoms with van der Waals surface area (Å²) in [4.78, 5) is 0. The summed E-state index contributed by atoms with van der Waals surface area (Å²) in [5.41, 5.74) is 3.30. The molecule has 0 saturated carbocycles. The Kier molecular flexibility index (Phi) is 2.83. The molecule has 1 heterocycles. The van der Waals surface area contributed by atoms with Crippen molar-refractivity contribution in [2.24, 2.45) is 0 Å². The molecule has 0 aliphatic carbocycles. The number of aryl methyl sites for hydroxylation is 1. The highest BCUT2D eigenvalue weighted by atomic mass is 15.0. The molecule has 82 valence electrons. The van der Waals surface area contributed by atoms with E-state index in [1.807, 2.05) is 0 Å². The molecule has 0 amide bonds. The fraction of sp³-hybridized carbons (Fsp3) is 0.571. The molecule has 1 aromatic rings. The van der Waals surface area contributed by atoms with Crippen LogP contribution >= 0.6 is 0 Å². The Morgan fingerprint density at radius 2 is 2.13 bits per heavy atom. The lowest BCUT2D eigenvalue weighted by atomic mass is 9.73. The maximum absolute atomic E-state index is 3.62. The third kappa shape index (κ3) is 1.69. The fourth-order valence-electron chi connectivity index (χ4n) is 3.04. The molecule has 1 heteroatoms. The Morgan fingerprint density at radius 3 is 2.80 bits per heavy atom. The van der Waals surface area contributed by atoms with E-state index in [0.717, 1.165) is 6.54 Å². The topological polar surface area (TPSA) is 12.0 Å². The van der Waals surface area contributed by atoms with Gasteiger partial charge in [0.15, 0.2) is 0 Å². The van der Waals surface area contributed by atoms with Crippen molar-refractivity contribution in [1.82, 2.24) is 5.32 Å². The summed E-state index contributed by atoms with van der Waals surface area (Å²) in [6, 6.07) is 9.46. The quantitative estimate of drug-likeness (QED) is 0.779. The predicted octanol–water partition coefficient (Wildman–Crippen LogP) is 3.02. The van der Waals surface area contributed by atoms with Gasteiger partial charge < -0.3 is 5.32 Å². The molecular formula is C14H21N. The Morgan fingerprint density at radius 1 is 1.40 bits per heavy atom. The molecule has 1 aliphatic rings. The summed E-state index contributed by atoms with van der Waals surface area (Å²) in [5, 5.41) is 3.62. The lowest BCUT2D eigenvalue weighted by Gasteiger charge is -2.32. The van der Waals surface area contributed by atoms with Gasteiger partial charge in [0, 0.05) is 11.5 Å². The van der Waals surface area contributed by atoms with Gasteiger partial charge in [-0.25, -0.2) is 0 Å². The van der Waals surface area contributed by atoms with Crippen molar-refractivity contribution in [3.8, 4) is 0 Å². The van der Waals surface area contributed by atoms with Gasteiger partial charge in [0.1, 0.15) is 0 Å². The highest BCUT2D eigenvalue weighted by Crippen LogP contribution is 2.37. The van der Waals surface area contributed by atoms with Crippen LogP contribution in [0.4, 0.5) is 0 Å². The average Bonchev–Trinajstić information content (AvgIpc) is 2.61. The average molecular weight is 203 g/mol. The molecular weight excluding hydrogens is 182 g/mol. The Hall–Kier alpha value is -0.820. The highest BCUT2D eigenvalue weighted by molar-refractivity contribution is 5.35. The normalized spacial score (nSPS) is 30.7. The summed E-state index contributed by atoms with van der Waals surface area (Å²) in [7, 11) is 0. The van der Waals surface area contributed by atoms with Crippen molar-refractivity contribution >= 4 is 0 Å². The van der Waals surface area contributed by atoms with Gasteiger partial charge in [-0.3, -0.25) is 0 Å². The Balaban J connectivity index is 2.40. The second-order valence-electron chi connectivity index (χ2n) is 4.90. The number of benzene rings is 1. The summed E-state index contributed by atoms with van der Waals surface area (Å²) >= 11 is 0. The molecule has 0 aromatic heterocycles. The lowest BCUT2D eigenvalue weighted by molar-refractivity contribution is 0.391. The van der Waals surface area contributed by atoms with Crippen LogP contribution < -0.4 is 5.32 Å². The number of hydrogen-bond acceptors (Lipinski definition) is 1. The molecule has 0 bridgehead atoms. The molecule has 1 aromatic carbocycles. The molecule has 1 aliphatic heterocycles. The summed E-state index contributed by atoms with van der Waals surface area (Å²) in [5.74, 6) is 0. The van der Waals surface area contributed by atoms with Gasteiger partial charge in [-0.1, -0.05) is 38.1 Å². The third-order valence-electron chi connectivity index (χ3n) is 3.97. The molecule has 15 heavy (non-hydrogen) atoms. The first-order valence-electron chi connectivity index (χ1n) is 5.98. The van der Waals surface area contributed by atoms with Crippen LogP contribution in [0.1, 0.15) is 37.8 Å². The number of hydrogen-bond donors (Lipinski definition) is 1. The molecule has 0 radical (unpaired) electrons. The van der Waals surface area contributed by atoms with E-state index < -0.39 is 0 Å². The van der Waals surface area contributed by atoms with E-state index >= 15 is 0 Å². The maximum atomic E-state index is 3.62. The van der Waals surface area contributed by atoms with Crippen LogP contribution in [0.25, 0.3) is 0 Å². The van der Waals surface area contributed by atoms with Gasteiger partial charge in [0.25, 0.3) is 0 Å². The minimum absolute atomic E-state index is 0.333.